The quantitative estimate of drug-likeness (QED) is 0.313. The molecule has 0 saturated carbocycles. The summed E-state index contributed by atoms with van der Waals surface area (Å²) in [4.78, 5) is 29.3. The van der Waals surface area contributed by atoms with Crippen LogP contribution in [0.25, 0.3) is 0 Å². The second kappa shape index (κ2) is 16.2. The molecule has 0 spiro atoms. The van der Waals surface area contributed by atoms with E-state index in [2.05, 4.69) is 78.5 Å². The van der Waals surface area contributed by atoms with E-state index in [9.17, 15) is 9.59 Å². The lowest BCUT2D eigenvalue weighted by molar-refractivity contribution is 0.0374. The maximum Gasteiger partial charge on any atom is 0.176 e. The maximum atomic E-state index is 13.7. The molecule has 1 heterocycles. The number of hydrogen-bond acceptors (Lipinski definition) is 6. The lowest BCUT2D eigenvalue weighted by Gasteiger charge is -2.43. The van der Waals surface area contributed by atoms with Crippen molar-refractivity contribution < 1.29 is 14.3 Å². The highest BCUT2D eigenvalue weighted by molar-refractivity contribution is 6.00. The van der Waals surface area contributed by atoms with Crippen molar-refractivity contribution in [2.45, 2.75) is 24.8 Å². The number of ketones is 2. The third-order valence-electron chi connectivity index (χ3n) is 8.35. The second-order valence-electron chi connectivity index (χ2n) is 11.4. The Balaban J connectivity index is 0.000000359. The smallest absolute Gasteiger partial charge is 0.176 e. The Morgan fingerprint density at radius 1 is 0.860 bits per heavy atom. The van der Waals surface area contributed by atoms with Gasteiger partial charge in [0.15, 0.2) is 11.6 Å². The number of nitrogens with zero attached hydrogens (tertiary/aromatic N) is 2. The highest BCUT2D eigenvalue weighted by Crippen LogP contribution is 2.35. The predicted molar refractivity (Wildman–Crippen MR) is 175 cm³/mol. The van der Waals surface area contributed by atoms with Crippen LogP contribution in [0.4, 0.5) is 0 Å². The van der Waals surface area contributed by atoms with Crippen molar-refractivity contribution in [1.82, 2.24) is 9.80 Å². The van der Waals surface area contributed by atoms with Gasteiger partial charge in [-0.25, -0.2) is 0 Å². The van der Waals surface area contributed by atoms with Gasteiger partial charge in [0.05, 0.1) is 31.2 Å². The number of carbonyl (C=O) groups excluding carboxylic acids is 2. The minimum atomic E-state index is -0.385. The normalized spacial score (nSPS) is 20.0. The van der Waals surface area contributed by atoms with Crippen molar-refractivity contribution in [2.24, 2.45) is 11.7 Å². The largest absolute Gasteiger partial charge is 0.379 e. The van der Waals surface area contributed by atoms with Crippen molar-refractivity contribution in [2.75, 3.05) is 53.5 Å². The van der Waals surface area contributed by atoms with E-state index >= 15 is 0 Å². The van der Waals surface area contributed by atoms with Gasteiger partial charge in [0.25, 0.3) is 0 Å². The van der Waals surface area contributed by atoms with Crippen LogP contribution >= 0.6 is 0 Å². The van der Waals surface area contributed by atoms with E-state index in [1.165, 1.54) is 11.1 Å². The molecule has 2 atom stereocenters. The van der Waals surface area contributed by atoms with E-state index in [0.717, 1.165) is 57.7 Å². The van der Waals surface area contributed by atoms with Crippen LogP contribution in [0.15, 0.2) is 109 Å². The molecule has 1 fully saturated rings. The fraction of sp³-hybridized carbons (Fsp3) is 0.351. The summed E-state index contributed by atoms with van der Waals surface area (Å²) in [7, 11) is 4.15. The summed E-state index contributed by atoms with van der Waals surface area (Å²) in [6.07, 6.45) is 11.3. The Labute approximate surface area is 256 Å². The van der Waals surface area contributed by atoms with Crippen molar-refractivity contribution in [3.8, 4) is 0 Å². The first-order valence-corrected chi connectivity index (χ1v) is 15.2. The molecule has 0 aromatic heterocycles. The average molecular weight is 580 g/mol. The Morgan fingerprint density at radius 2 is 1.51 bits per heavy atom. The number of Topliss-reactive ketones (excluding diaryl/α,β-unsaturated/α-hetero) is 2. The number of allylic oxidation sites excluding steroid dienone is 2. The second-order valence-corrected chi connectivity index (χ2v) is 11.4. The highest BCUT2D eigenvalue weighted by Gasteiger charge is 2.42. The molecule has 1 aliphatic heterocycles. The molecule has 6 heteroatoms. The van der Waals surface area contributed by atoms with Gasteiger partial charge in [-0.1, -0.05) is 109 Å². The van der Waals surface area contributed by atoms with Crippen LogP contribution < -0.4 is 5.73 Å². The van der Waals surface area contributed by atoms with Crippen LogP contribution in [0.1, 0.15) is 38.3 Å². The van der Waals surface area contributed by atoms with Gasteiger partial charge in [0.1, 0.15) is 0 Å². The van der Waals surface area contributed by atoms with Gasteiger partial charge in [0.2, 0.25) is 0 Å². The lowest BCUT2D eigenvalue weighted by atomic mass is 9.72. The van der Waals surface area contributed by atoms with Gasteiger partial charge in [-0.3, -0.25) is 19.4 Å². The average Bonchev–Trinajstić information content (AvgIpc) is 3.06. The van der Waals surface area contributed by atoms with Crippen LogP contribution in [0.2, 0.25) is 0 Å². The third-order valence-corrected chi connectivity index (χ3v) is 8.35. The zero-order valence-corrected chi connectivity index (χ0v) is 25.5. The Kier molecular flexibility index (Phi) is 12.2. The fourth-order valence-corrected chi connectivity index (χ4v) is 5.75. The van der Waals surface area contributed by atoms with Gasteiger partial charge in [-0.05, 0) is 51.0 Å². The number of hydrogen-bond donors (Lipinski definition) is 1. The standard InChI is InChI=1S/C29H36N2O2.C8H9NO/c1-30(2)29(23-25-9-4-3-5-10-25)17-7-6-12-27(29)28(32)26-15-13-24(14-16-26)11-8-18-31-19-21-33-22-20-31;9-6-8(10)7-4-2-1-3-5-7/h3-7,9-10,12-17,27H,8,11,18-23H2,1-2H3;1-5H,6,9H2. The van der Waals surface area contributed by atoms with Crippen molar-refractivity contribution >= 4 is 11.6 Å². The van der Waals surface area contributed by atoms with Crippen LogP contribution in [0, 0.1) is 5.92 Å². The summed E-state index contributed by atoms with van der Waals surface area (Å²) in [6, 6.07) is 27.8. The van der Waals surface area contributed by atoms with Crippen molar-refractivity contribution in [1.29, 1.82) is 0 Å². The number of benzene rings is 3. The molecule has 1 aliphatic carbocycles. The van der Waals surface area contributed by atoms with E-state index in [-0.39, 0.29) is 29.6 Å². The number of ether oxygens (including phenoxy) is 1. The highest BCUT2D eigenvalue weighted by atomic mass is 16.5. The van der Waals surface area contributed by atoms with Crippen molar-refractivity contribution in [3.63, 3.8) is 0 Å². The molecule has 2 N–H and O–H groups in total. The molecule has 2 aliphatic rings. The van der Waals surface area contributed by atoms with Crippen LogP contribution in [-0.4, -0.2) is 80.4 Å². The zero-order chi connectivity index (χ0) is 30.5. The molecule has 43 heavy (non-hydrogen) atoms. The Bertz CT molecular complexity index is 1350. The molecule has 6 nitrogen and oxygen atoms in total. The molecule has 2 unspecified atom stereocenters. The Morgan fingerprint density at radius 3 is 2.14 bits per heavy atom. The minimum absolute atomic E-state index is 0.0133. The minimum Gasteiger partial charge on any atom is -0.379 e. The number of likely N-dealkylation sites (N-methyl/N-ethyl adjacent to an activating group) is 1. The van der Waals surface area contributed by atoms with E-state index < -0.39 is 0 Å². The van der Waals surface area contributed by atoms with Gasteiger partial charge in [-0.15, -0.1) is 0 Å². The zero-order valence-electron chi connectivity index (χ0n) is 25.5. The summed E-state index contributed by atoms with van der Waals surface area (Å²) in [6.45, 7) is 4.96. The predicted octanol–water partition coefficient (Wildman–Crippen LogP) is 5.25. The summed E-state index contributed by atoms with van der Waals surface area (Å²) < 4.78 is 5.43. The van der Waals surface area contributed by atoms with Crippen LogP contribution in [0.3, 0.4) is 0 Å². The number of nitrogens with two attached hydrogens (primary N) is 1. The maximum absolute atomic E-state index is 13.7. The van der Waals surface area contributed by atoms with E-state index in [1.807, 2.05) is 42.5 Å². The lowest BCUT2D eigenvalue weighted by Crippen LogP contribution is -2.53. The monoisotopic (exact) mass is 579 g/mol. The van der Waals surface area contributed by atoms with Crippen molar-refractivity contribution in [3.05, 3.63) is 131 Å². The van der Waals surface area contributed by atoms with Crippen LogP contribution in [0.5, 0.6) is 0 Å². The third kappa shape index (κ3) is 8.91. The van der Waals surface area contributed by atoms with Gasteiger partial charge < -0.3 is 10.5 Å². The first-order valence-electron chi connectivity index (χ1n) is 15.2. The number of morpholine rings is 1. The molecular formula is C37H45N3O3. The summed E-state index contributed by atoms with van der Waals surface area (Å²) in [5.74, 6) is -0.0643. The first-order chi connectivity index (χ1) is 20.9. The molecule has 0 bridgehead atoms. The number of aryl methyl sites for hydroxylation is 1. The molecule has 0 radical (unpaired) electrons. The summed E-state index contributed by atoms with van der Waals surface area (Å²) in [5, 5.41) is 0. The van der Waals surface area contributed by atoms with Gasteiger partial charge in [-0.2, -0.15) is 0 Å². The summed E-state index contributed by atoms with van der Waals surface area (Å²) >= 11 is 0. The Hall–Kier alpha value is -3.68. The fourth-order valence-electron chi connectivity index (χ4n) is 5.75. The molecule has 226 valence electrons. The first kappa shape index (κ1) is 32.2. The number of rotatable bonds is 11. The van der Waals surface area contributed by atoms with Gasteiger partial charge in [0, 0.05) is 24.2 Å². The van der Waals surface area contributed by atoms with Gasteiger partial charge >= 0.3 is 0 Å². The molecule has 1 saturated heterocycles. The van der Waals surface area contributed by atoms with E-state index in [0.29, 0.717) is 5.56 Å². The topological polar surface area (TPSA) is 75.9 Å². The molecule has 3 aromatic rings. The molecule has 3 aromatic carbocycles. The molecule has 5 rings (SSSR count). The van der Waals surface area contributed by atoms with Crippen LogP contribution in [-0.2, 0) is 17.6 Å². The SMILES string of the molecule is CN(C)C1(Cc2ccccc2)C=CC=CC1C(=O)c1ccc(CCCN2CCOCC2)cc1.NCC(=O)c1ccccc1. The van der Waals surface area contributed by atoms with E-state index in [4.69, 9.17) is 10.5 Å². The van der Waals surface area contributed by atoms with E-state index in [1.54, 1.807) is 12.1 Å². The molecule has 0 amide bonds. The molecular weight excluding hydrogens is 534 g/mol. The summed E-state index contributed by atoms with van der Waals surface area (Å²) in [5.41, 5.74) is 8.77. The number of carbonyl (C=O) groups is 2.